The molecule has 2 nitrogen and oxygen atoms in total. The van der Waals surface area contributed by atoms with Crippen LogP contribution < -0.4 is 5.32 Å². The molecule has 1 N–H and O–H groups in total. The predicted octanol–water partition coefficient (Wildman–Crippen LogP) is 2.34. The molecule has 0 heterocycles. The van der Waals surface area contributed by atoms with E-state index in [2.05, 4.69) is 0 Å². The van der Waals surface area contributed by atoms with Crippen LogP contribution in [0.15, 0.2) is 0 Å². The Balaban J connectivity index is 2.45. The molecule has 0 unspecified atom stereocenters. The minimum atomic E-state index is -4.77. The SMILES string of the molecule is CSC1(CNC(=O)C(F)(F)F)CCCC1. The van der Waals surface area contributed by atoms with Gasteiger partial charge >= 0.3 is 12.1 Å². The Morgan fingerprint density at radius 1 is 1.40 bits per heavy atom. The third kappa shape index (κ3) is 3.29. The van der Waals surface area contributed by atoms with Crippen LogP contribution in [-0.2, 0) is 4.79 Å². The monoisotopic (exact) mass is 241 g/mol. The van der Waals surface area contributed by atoms with E-state index in [1.807, 2.05) is 11.6 Å². The molecule has 1 amide bonds. The fourth-order valence-electron chi connectivity index (χ4n) is 1.81. The molecular formula is C9H14F3NOS. The lowest BCUT2D eigenvalue weighted by molar-refractivity contribution is -0.173. The van der Waals surface area contributed by atoms with Crippen molar-refractivity contribution in [1.82, 2.24) is 5.32 Å². The van der Waals surface area contributed by atoms with E-state index in [9.17, 15) is 18.0 Å². The van der Waals surface area contributed by atoms with Crippen molar-refractivity contribution in [2.45, 2.75) is 36.6 Å². The third-order valence-electron chi connectivity index (χ3n) is 2.78. The molecule has 0 radical (unpaired) electrons. The lowest BCUT2D eigenvalue weighted by atomic mass is 10.1. The Labute approximate surface area is 91.0 Å². The lowest BCUT2D eigenvalue weighted by Crippen LogP contribution is -2.44. The van der Waals surface area contributed by atoms with Crippen molar-refractivity contribution in [3.05, 3.63) is 0 Å². The van der Waals surface area contributed by atoms with Gasteiger partial charge in [0.2, 0.25) is 0 Å². The Hall–Kier alpha value is -0.390. The molecule has 1 aliphatic rings. The van der Waals surface area contributed by atoms with Crippen LogP contribution in [0.4, 0.5) is 13.2 Å². The van der Waals surface area contributed by atoms with E-state index in [4.69, 9.17) is 0 Å². The normalized spacial score (nSPS) is 20.3. The predicted molar refractivity (Wildman–Crippen MR) is 53.8 cm³/mol. The van der Waals surface area contributed by atoms with E-state index in [1.54, 1.807) is 11.8 Å². The minimum Gasteiger partial charge on any atom is -0.347 e. The van der Waals surface area contributed by atoms with Gasteiger partial charge in [-0.15, -0.1) is 0 Å². The summed E-state index contributed by atoms with van der Waals surface area (Å²) >= 11 is 1.55. The van der Waals surface area contributed by atoms with Crippen molar-refractivity contribution in [2.24, 2.45) is 0 Å². The summed E-state index contributed by atoms with van der Waals surface area (Å²) in [5.74, 6) is -1.83. The second kappa shape index (κ2) is 4.63. The standard InChI is InChI=1S/C9H14F3NOS/c1-15-8(4-2-3-5-8)6-13-7(14)9(10,11)12/h2-6H2,1H3,(H,13,14). The summed E-state index contributed by atoms with van der Waals surface area (Å²) in [7, 11) is 0. The van der Waals surface area contributed by atoms with Gasteiger partial charge in [-0.25, -0.2) is 0 Å². The van der Waals surface area contributed by atoms with Crippen molar-refractivity contribution in [1.29, 1.82) is 0 Å². The largest absolute Gasteiger partial charge is 0.471 e. The molecule has 0 saturated heterocycles. The van der Waals surface area contributed by atoms with Crippen molar-refractivity contribution in [3.63, 3.8) is 0 Å². The van der Waals surface area contributed by atoms with Gasteiger partial charge in [0.1, 0.15) is 0 Å². The van der Waals surface area contributed by atoms with Crippen LogP contribution in [0.2, 0.25) is 0 Å². The number of hydrogen-bond donors (Lipinski definition) is 1. The van der Waals surface area contributed by atoms with Gasteiger partial charge in [0, 0.05) is 11.3 Å². The zero-order valence-corrected chi connectivity index (χ0v) is 9.30. The van der Waals surface area contributed by atoms with Crippen molar-refractivity contribution >= 4 is 17.7 Å². The summed E-state index contributed by atoms with van der Waals surface area (Å²) in [6.45, 7) is 0.118. The summed E-state index contributed by atoms with van der Waals surface area (Å²) in [6, 6.07) is 0. The zero-order chi connectivity index (χ0) is 11.5. The second-order valence-corrected chi connectivity index (χ2v) is 5.05. The van der Waals surface area contributed by atoms with E-state index >= 15 is 0 Å². The quantitative estimate of drug-likeness (QED) is 0.821. The first-order valence-electron chi connectivity index (χ1n) is 4.80. The number of rotatable bonds is 3. The highest BCUT2D eigenvalue weighted by atomic mass is 32.2. The molecule has 1 rings (SSSR count). The molecule has 1 aliphatic carbocycles. The maximum absolute atomic E-state index is 11.9. The van der Waals surface area contributed by atoms with Crippen LogP contribution in [-0.4, -0.2) is 29.6 Å². The molecule has 0 spiro atoms. The molecule has 0 aromatic heterocycles. The molecule has 0 aromatic carbocycles. The number of thioether (sulfide) groups is 1. The Bertz CT molecular complexity index is 236. The van der Waals surface area contributed by atoms with Crippen molar-refractivity contribution in [3.8, 4) is 0 Å². The van der Waals surface area contributed by atoms with Gasteiger partial charge in [0.05, 0.1) is 0 Å². The van der Waals surface area contributed by atoms with E-state index in [1.165, 1.54) is 0 Å². The number of carbonyl (C=O) groups excluding carboxylic acids is 1. The fraction of sp³-hybridized carbons (Fsp3) is 0.889. The molecule has 0 aliphatic heterocycles. The first-order valence-corrected chi connectivity index (χ1v) is 6.02. The minimum absolute atomic E-state index is 0.118. The summed E-state index contributed by atoms with van der Waals surface area (Å²) < 4.78 is 35.6. The van der Waals surface area contributed by atoms with Crippen LogP contribution in [0.1, 0.15) is 25.7 Å². The molecule has 0 atom stereocenters. The highest BCUT2D eigenvalue weighted by molar-refractivity contribution is 8.00. The molecule has 1 fully saturated rings. The lowest BCUT2D eigenvalue weighted by Gasteiger charge is -2.27. The number of alkyl halides is 3. The number of amides is 1. The van der Waals surface area contributed by atoms with Crippen LogP contribution >= 0.6 is 11.8 Å². The highest BCUT2D eigenvalue weighted by Crippen LogP contribution is 2.39. The van der Waals surface area contributed by atoms with Gasteiger partial charge in [-0.3, -0.25) is 4.79 Å². The molecule has 1 saturated carbocycles. The van der Waals surface area contributed by atoms with Gasteiger partial charge < -0.3 is 5.32 Å². The topological polar surface area (TPSA) is 29.1 Å². The summed E-state index contributed by atoms with van der Waals surface area (Å²) in [6.07, 6.45) is 0.938. The first kappa shape index (κ1) is 12.7. The summed E-state index contributed by atoms with van der Waals surface area (Å²) in [5.41, 5.74) is 0. The molecule has 6 heteroatoms. The van der Waals surface area contributed by atoms with Gasteiger partial charge in [0.15, 0.2) is 0 Å². The van der Waals surface area contributed by atoms with E-state index in [-0.39, 0.29) is 11.3 Å². The molecule has 15 heavy (non-hydrogen) atoms. The Morgan fingerprint density at radius 3 is 2.33 bits per heavy atom. The third-order valence-corrected chi connectivity index (χ3v) is 4.19. The van der Waals surface area contributed by atoms with Crippen LogP contribution in [0.25, 0.3) is 0 Å². The Kier molecular flexibility index (Phi) is 3.92. The smallest absolute Gasteiger partial charge is 0.347 e. The number of hydrogen-bond acceptors (Lipinski definition) is 2. The van der Waals surface area contributed by atoms with Crippen molar-refractivity contribution < 1.29 is 18.0 Å². The van der Waals surface area contributed by atoms with Crippen LogP contribution in [0.3, 0.4) is 0 Å². The first-order chi connectivity index (χ1) is 6.90. The average Bonchev–Trinajstić information content (AvgIpc) is 2.62. The van der Waals surface area contributed by atoms with Crippen LogP contribution in [0.5, 0.6) is 0 Å². The van der Waals surface area contributed by atoms with E-state index < -0.39 is 12.1 Å². The van der Waals surface area contributed by atoms with Crippen LogP contribution in [0, 0.1) is 0 Å². The fourth-order valence-corrected chi connectivity index (χ4v) is 2.73. The number of carbonyl (C=O) groups is 1. The maximum Gasteiger partial charge on any atom is 0.471 e. The summed E-state index contributed by atoms with van der Waals surface area (Å²) in [5, 5.41) is 1.97. The van der Waals surface area contributed by atoms with Gasteiger partial charge in [-0.1, -0.05) is 12.8 Å². The number of nitrogens with one attached hydrogen (secondary N) is 1. The van der Waals surface area contributed by atoms with Gasteiger partial charge in [0.25, 0.3) is 0 Å². The van der Waals surface area contributed by atoms with Gasteiger partial charge in [-0.05, 0) is 19.1 Å². The molecular weight excluding hydrogens is 227 g/mol. The zero-order valence-electron chi connectivity index (χ0n) is 8.49. The molecule has 88 valence electrons. The second-order valence-electron chi connectivity index (χ2n) is 3.77. The Morgan fingerprint density at radius 2 is 1.93 bits per heavy atom. The van der Waals surface area contributed by atoms with E-state index in [0.717, 1.165) is 25.7 Å². The average molecular weight is 241 g/mol. The maximum atomic E-state index is 11.9. The van der Waals surface area contributed by atoms with E-state index in [0.29, 0.717) is 0 Å². The highest BCUT2D eigenvalue weighted by Gasteiger charge is 2.41. The number of halogens is 3. The van der Waals surface area contributed by atoms with Gasteiger partial charge in [-0.2, -0.15) is 24.9 Å². The molecule has 0 aromatic rings. The van der Waals surface area contributed by atoms with Crippen molar-refractivity contribution in [2.75, 3.05) is 12.8 Å². The summed E-state index contributed by atoms with van der Waals surface area (Å²) in [4.78, 5) is 10.6. The molecule has 0 bridgehead atoms.